The minimum Gasteiger partial charge on any atom is -0.444 e. The van der Waals surface area contributed by atoms with Crippen LogP contribution in [0.4, 0.5) is 4.79 Å². The van der Waals surface area contributed by atoms with Gasteiger partial charge in [0.2, 0.25) is 11.8 Å². The number of carbonyl (C=O) groups excluding carboxylic acids is 4. The summed E-state index contributed by atoms with van der Waals surface area (Å²) >= 11 is 1.44. The van der Waals surface area contributed by atoms with Crippen molar-refractivity contribution in [1.82, 2.24) is 15.5 Å². The van der Waals surface area contributed by atoms with Gasteiger partial charge in [-0.25, -0.2) is 4.79 Å². The number of Topliss-reactive ketones (excluding diaryl/α,β-unsaturated/α-hetero) is 1. The van der Waals surface area contributed by atoms with Crippen molar-refractivity contribution >= 4 is 35.0 Å². The molecule has 2 N–H and O–H groups in total. The highest BCUT2D eigenvalue weighted by molar-refractivity contribution is 7.14. The summed E-state index contributed by atoms with van der Waals surface area (Å²) in [5.74, 6) is -0.524. The topological polar surface area (TPSA) is 105 Å². The second-order valence-corrected chi connectivity index (χ2v) is 10.0. The van der Waals surface area contributed by atoms with Crippen molar-refractivity contribution in [3.05, 3.63) is 21.9 Å². The normalized spacial score (nSPS) is 16.5. The molecule has 1 aromatic rings. The predicted octanol–water partition coefficient (Wildman–Crippen LogP) is 2.90. The summed E-state index contributed by atoms with van der Waals surface area (Å²) in [4.78, 5) is 52.3. The van der Waals surface area contributed by atoms with E-state index in [4.69, 9.17) is 4.74 Å². The molecule has 0 aliphatic carbocycles. The molecule has 1 aliphatic heterocycles. The maximum Gasteiger partial charge on any atom is 0.407 e. The number of alkyl carbamates (subject to hydrolysis) is 1. The number of hydrogen-bond acceptors (Lipinski definition) is 6. The number of nitrogens with zero attached hydrogens (tertiary/aromatic N) is 1. The molecule has 1 unspecified atom stereocenters. The Balaban J connectivity index is 1.70. The summed E-state index contributed by atoms with van der Waals surface area (Å²) in [6.07, 6.45) is 1.27. The van der Waals surface area contributed by atoms with Gasteiger partial charge in [-0.15, -0.1) is 11.3 Å². The fraction of sp³-hybridized carbons (Fsp3) is 0.636. The number of ether oxygens (including phenoxy) is 1. The Bertz CT molecular complexity index is 799. The SMILES string of the molecule is Cc1ccc(C(=O)CCC(=O)N2CCCC(C(=O)NCCNC(=O)OC(C)(C)C)C2)s1. The molecule has 3 amide bonds. The van der Waals surface area contributed by atoms with Gasteiger partial charge in [0.25, 0.3) is 0 Å². The molecule has 1 atom stereocenters. The van der Waals surface area contributed by atoms with Gasteiger partial charge in [-0.1, -0.05) is 0 Å². The number of rotatable bonds is 8. The lowest BCUT2D eigenvalue weighted by Gasteiger charge is -2.32. The van der Waals surface area contributed by atoms with E-state index in [9.17, 15) is 19.2 Å². The minimum absolute atomic E-state index is 0.0183. The zero-order chi connectivity index (χ0) is 23.0. The van der Waals surface area contributed by atoms with Gasteiger partial charge in [-0.05, 0) is 52.7 Å². The van der Waals surface area contributed by atoms with Gasteiger partial charge >= 0.3 is 6.09 Å². The number of nitrogens with one attached hydrogen (secondary N) is 2. The highest BCUT2D eigenvalue weighted by Crippen LogP contribution is 2.20. The Kier molecular flexibility index (Phi) is 9.03. The summed E-state index contributed by atoms with van der Waals surface area (Å²) in [5.41, 5.74) is -0.571. The van der Waals surface area contributed by atoms with Crippen LogP contribution < -0.4 is 10.6 Å². The Labute approximate surface area is 187 Å². The third-order valence-corrected chi connectivity index (χ3v) is 5.86. The first kappa shape index (κ1) is 24.8. The first-order valence-corrected chi connectivity index (χ1v) is 11.5. The van der Waals surface area contributed by atoms with E-state index < -0.39 is 11.7 Å². The fourth-order valence-corrected chi connectivity index (χ4v) is 4.15. The fourth-order valence-electron chi connectivity index (χ4n) is 3.31. The number of ketones is 1. The van der Waals surface area contributed by atoms with Crippen molar-refractivity contribution in [2.75, 3.05) is 26.2 Å². The summed E-state index contributed by atoms with van der Waals surface area (Å²) in [5, 5.41) is 5.40. The summed E-state index contributed by atoms with van der Waals surface area (Å²) in [7, 11) is 0. The quantitative estimate of drug-likeness (QED) is 0.467. The van der Waals surface area contributed by atoms with Crippen LogP contribution in [-0.4, -0.2) is 60.4 Å². The number of amides is 3. The van der Waals surface area contributed by atoms with E-state index in [0.717, 1.165) is 11.3 Å². The molecule has 1 fully saturated rings. The molecule has 1 aromatic heterocycles. The van der Waals surface area contributed by atoms with Gasteiger partial charge in [-0.3, -0.25) is 14.4 Å². The first-order chi connectivity index (χ1) is 14.5. The van der Waals surface area contributed by atoms with Gasteiger partial charge in [0.1, 0.15) is 5.60 Å². The predicted molar refractivity (Wildman–Crippen MR) is 119 cm³/mol. The maximum absolute atomic E-state index is 12.5. The highest BCUT2D eigenvalue weighted by atomic mass is 32.1. The molecule has 31 heavy (non-hydrogen) atoms. The molecule has 172 valence electrons. The highest BCUT2D eigenvalue weighted by Gasteiger charge is 2.28. The van der Waals surface area contributed by atoms with Gasteiger partial charge < -0.3 is 20.3 Å². The molecule has 8 nitrogen and oxygen atoms in total. The van der Waals surface area contributed by atoms with E-state index in [1.165, 1.54) is 11.3 Å². The molecule has 1 aliphatic rings. The molecule has 0 aromatic carbocycles. The third-order valence-electron chi connectivity index (χ3n) is 4.82. The van der Waals surface area contributed by atoms with Gasteiger partial charge in [0.05, 0.1) is 10.8 Å². The van der Waals surface area contributed by atoms with Crippen LogP contribution in [0.1, 0.15) is 61.0 Å². The van der Waals surface area contributed by atoms with Gasteiger partial charge in [-0.2, -0.15) is 0 Å². The van der Waals surface area contributed by atoms with Crippen LogP contribution in [-0.2, 0) is 14.3 Å². The number of carbonyl (C=O) groups is 4. The molecular weight excluding hydrogens is 418 g/mol. The van der Waals surface area contributed by atoms with Crippen LogP contribution in [0, 0.1) is 12.8 Å². The van der Waals surface area contributed by atoms with Crippen LogP contribution in [0.5, 0.6) is 0 Å². The summed E-state index contributed by atoms with van der Waals surface area (Å²) in [6.45, 7) is 8.80. The number of thiophene rings is 1. The largest absolute Gasteiger partial charge is 0.444 e. The van der Waals surface area contributed by atoms with Crippen molar-refractivity contribution in [3.8, 4) is 0 Å². The lowest BCUT2D eigenvalue weighted by Crippen LogP contribution is -2.46. The van der Waals surface area contributed by atoms with E-state index in [0.29, 0.717) is 24.4 Å². The number of aryl methyl sites for hydroxylation is 1. The van der Waals surface area contributed by atoms with E-state index in [1.807, 2.05) is 13.0 Å². The standard InChI is InChI=1S/C22H33N3O5S/c1-15-7-9-18(31-15)17(26)8-10-19(27)25-13-5-6-16(14-25)20(28)23-11-12-24-21(29)30-22(2,3)4/h7,9,16H,5-6,8,10-14H2,1-4H3,(H,23,28)(H,24,29). The van der Waals surface area contributed by atoms with Gasteiger partial charge in [0.15, 0.2) is 5.78 Å². The van der Waals surface area contributed by atoms with Crippen molar-refractivity contribution < 1.29 is 23.9 Å². The molecule has 0 bridgehead atoms. The van der Waals surface area contributed by atoms with E-state index in [-0.39, 0.29) is 49.4 Å². The Morgan fingerprint density at radius 2 is 1.84 bits per heavy atom. The number of hydrogen-bond donors (Lipinski definition) is 2. The van der Waals surface area contributed by atoms with Crippen molar-refractivity contribution in [2.24, 2.45) is 5.92 Å². The third kappa shape index (κ3) is 8.69. The minimum atomic E-state index is -0.571. The molecular formula is C22H33N3O5S. The summed E-state index contributed by atoms with van der Waals surface area (Å²) in [6, 6.07) is 3.70. The maximum atomic E-state index is 12.5. The Morgan fingerprint density at radius 3 is 2.48 bits per heavy atom. The van der Waals surface area contributed by atoms with Crippen LogP contribution in [0.25, 0.3) is 0 Å². The number of piperidine rings is 1. The second kappa shape index (κ2) is 11.3. The van der Waals surface area contributed by atoms with Crippen molar-refractivity contribution in [3.63, 3.8) is 0 Å². The molecule has 0 radical (unpaired) electrons. The zero-order valence-corrected chi connectivity index (χ0v) is 19.6. The second-order valence-electron chi connectivity index (χ2n) is 8.73. The Morgan fingerprint density at radius 1 is 1.13 bits per heavy atom. The number of likely N-dealkylation sites (tertiary alicyclic amines) is 1. The zero-order valence-electron chi connectivity index (χ0n) is 18.8. The lowest BCUT2D eigenvalue weighted by molar-refractivity contribution is -0.135. The summed E-state index contributed by atoms with van der Waals surface area (Å²) < 4.78 is 5.14. The Hall–Kier alpha value is -2.42. The lowest BCUT2D eigenvalue weighted by atomic mass is 9.96. The monoisotopic (exact) mass is 451 g/mol. The van der Waals surface area contributed by atoms with Crippen LogP contribution in [0.15, 0.2) is 12.1 Å². The van der Waals surface area contributed by atoms with E-state index in [1.54, 1.807) is 31.7 Å². The molecule has 2 rings (SSSR count). The molecule has 1 saturated heterocycles. The van der Waals surface area contributed by atoms with Crippen molar-refractivity contribution in [1.29, 1.82) is 0 Å². The van der Waals surface area contributed by atoms with E-state index >= 15 is 0 Å². The smallest absolute Gasteiger partial charge is 0.407 e. The molecule has 0 saturated carbocycles. The molecule has 0 spiro atoms. The van der Waals surface area contributed by atoms with Crippen LogP contribution in [0.3, 0.4) is 0 Å². The van der Waals surface area contributed by atoms with Crippen LogP contribution >= 0.6 is 11.3 Å². The van der Waals surface area contributed by atoms with E-state index in [2.05, 4.69) is 10.6 Å². The first-order valence-electron chi connectivity index (χ1n) is 10.7. The van der Waals surface area contributed by atoms with Crippen LogP contribution in [0.2, 0.25) is 0 Å². The molecule has 9 heteroatoms. The van der Waals surface area contributed by atoms with Crippen molar-refractivity contribution in [2.45, 2.75) is 59.0 Å². The average Bonchev–Trinajstić information content (AvgIpc) is 3.14. The molecule has 2 heterocycles. The average molecular weight is 452 g/mol. The van der Waals surface area contributed by atoms with Gasteiger partial charge in [0, 0.05) is 43.9 Å².